The number of ether oxygens (including phenoxy) is 1. The number of rotatable bonds is 9. The van der Waals surface area contributed by atoms with Crippen molar-refractivity contribution in [2.24, 2.45) is 5.41 Å². The van der Waals surface area contributed by atoms with Crippen LogP contribution in [0.1, 0.15) is 39.5 Å². The van der Waals surface area contributed by atoms with Crippen LogP contribution in [-0.4, -0.2) is 16.9 Å². The van der Waals surface area contributed by atoms with Crippen molar-refractivity contribution in [3.8, 4) is 5.75 Å². The van der Waals surface area contributed by atoms with Crippen molar-refractivity contribution < 1.29 is 9.66 Å². The molecule has 1 aromatic carbocycles. The quantitative estimate of drug-likeness (QED) is 0.319. The Morgan fingerprint density at radius 3 is 2.43 bits per heavy atom. The highest BCUT2D eigenvalue weighted by molar-refractivity contribution is 9.09. The minimum absolute atomic E-state index is 0.000311. The van der Waals surface area contributed by atoms with E-state index in [0.29, 0.717) is 11.6 Å². The number of hydrogen-bond acceptors (Lipinski definition) is 3. The van der Waals surface area contributed by atoms with Gasteiger partial charge in [-0.3, -0.25) is 10.1 Å². The lowest BCUT2D eigenvalue weighted by Crippen LogP contribution is -2.30. The first-order chi connectivity index (χ1) is 9.98. The second-order valence-corrected chi connectivity index (χ2v) is 6.29. The van der Waals surface area contributed by atoms with Crippen molar-refractivity contribution in [2.45, 2.75) is 39.5 Å². The molecule has 21 heavy (non-hydrogen) atoms. The Balaban J connectivity index is 2.93. The molecule has 0 aliphatic rings. The number of nitrogens with zero attached hydrogens (tertiary/aromatic N) is 1. The molecule has 0 atom stereocenters. The van der Waals surface area contributed by atoms with Crippen molar-refractivity contribution in [3.05, 3.63) is 33.3 Å². The number of nitro groups is 1. The van der Waals surface area contributed by atoms with E-state index in [-0.39, 0.29) is 16.9 Å². The Morgan fingerprint density at radius 1 is 1.33 bits per heavy atom. The van der Waals surface area contributed by atoms with E-state index in [1.165, 1.54) is 18.2 Å². The number of hydrogen-bond donors (Lipinski definition) is 0. The van der Waals surface area contributed by atoms with Crippen molar-refractivity contribution >= 4 is 33.2 Å². The maximum Gasteiger partial charge on any atom is 0.311 e. The fourth-order valence-corrected chi connectivity index (χ4v) is 3.37. The van der Waals surface area contributed by atoms with E-state index in [2.05, 4.69) is 29.8 Å². The molecule has 0 radical (unpaired) electrons. The fraction of sp³-hybridized carbons (Fsp3) is 0.600. The van der Waals surface area contributed by atoms with Gasteiger partial charge < -0.3 is 4.74 Å². The second-order valence-electron chi connectivity index (χ2n) is 5.29. The summed E-state index contributed by atoms with van der Waals surface area (Å²) in [7, 11) is 0. The smallest absolute Gasteiger partial charge is 0.311 e. The van der Waals surface area contributed by atoms with Gasteiger partial charge in [0.15, 0.2) is 5.75 Å². The zero-order valence-electron chi connectivity index (χ0n) is 12.4. The molecule has 0 N–H and O–H groups in total. The van der Waals surface area contributed by atoms with Crippen LogP contribution in [0.5, 0.6) is 5.75 Å². The van der Waals surface area contributed by atoms with Gasteiger partial charge in [-0.25, -0.2) is 0 Å². The normalized spacial score (nSPS) is 11.4. The lowest BCUT2D eigenvalue weighted by atomic mass is 9.82. The number of alkyl halides is 1. The molecule has 6 heteroatoms. The summed E-state index contributed by atoms with van der Waals surface area (Å²) in [6, 6.07) is 4.39. The highest BCUT2D eigenvalue weighted by atomic mass is 79.9. The molecule has 118 valence electrons. The van der Waals surface area contributed by atoms with Crippen LogP contribution in [0, 0.1) is 15.5 Å². The lowest BCUT2D eigenvalue weighted by molar-refractivity contribution is -0.386. The zero-order valence-corrected chi connectivity index (χ0v) is 14.7. The Bertz CT molecular complexity index is 476. The third-order valence-electron chi connectivity index (χ3n) is 3.50. The first kappa shape index (κ1) is 18.2. The molecule has 0 fully saturated rings. The van der Waals surface area contributed by atoms with Crippen LogP contribution >= 0.6 is 27.5 Å². The SMILES string of the molecule is CCCC(CBr)(CCC)COc1cc(Cl)ccc1[N+](=O)[O-]. The van der Waals surface area contributed by atoms with E-state index in [9.17, 15) is 10.1 Å². The molecular formula is C15H21BrClNO3. The van der Waals surface area contributed by atoms with Crippen molar-refractivity contribution in [3.63, 3.8) is 0 Å². The van der Waals surface area contributed by atoms with Gasteiger partial charge in [0.1, 0.15) is 0 Å². The molecule has 0 aliphatic carbocycles. The fourth-order valence-electron chi connectivity index (χ4n) is 2.49. The van der Waals surface area contributed by atoms with Crippen LogP contribution in [0.25, 0.3) is 0 Å². The van der Waals surface area contributed by atoms with Crippen LogP contribution in [0.3, 0.4) is 0 Å². The molecule has 1 rings (SSSR count). The summed E-state index contributed by atoms with van der Waals surface area (Å²) in [5.74, 6) is 0.241. The van der Waals surface area contributed by atoms with Crippen molar-refractivity contribution in [2.75, 3.05) is 11.9 Å². The summed E-state index contributed by atoms with van der Waals surface area (Å²) >= 11 is 9.49. The Hall–Kier alpha value is -0.810. The van der Waals surface area contributed by atoms with E-state index < -0.39 is 4.92 Å². The molecule has 0 bridgehead atoms. The molecule has 0 saturated carbocycles. The molecule has 0 amide bonds. The summed E-state index contributed by atoms with van der Waals surface area (Å²) < 4.78 is 5.78. The van der Waals surface area contributed by atoms with Gasteiger partial charge in [-0.05, 0) is 18.9 Å². The molecule has 0 saturated heterocycles. The third-order valence-corrected chi connectivity index (χ3v) is 4.92. The summed E-state index contributed by atoms with van der Waals surface area (Å²) in [6.07, 6.45) is 4.13. The molecule has 4 nitrogen and oxygen atoms in total. The van der Waals surface area contributed by atoms with Gasteiger partial charge in [-0.1, -0.05) is 54.2 Å². The monoisotopic (exact) mass is 377 g/mol. The van der Waals surface area contributed by atoms with E-state index in [1.54, 1.807) is 0 Å². The summed E-state index contributed by atoms with van der Waals surface area (Å²) in [5, 5.41) is 12.3. The standard InChI is InChI=1S/C15H21BrClNO3/c1-3-7-15(10-16,8-4-2)11-21-14-9-12(17)5-6-13(14)18(19)20/h5-6,9H,3-4,7-8,10-11H2,1-2H3. The maximum absolute atomic E-state index is 11.1. The topological polar surface area (TPSA) is 52.4 Å². The summed E-state index contributed by atoms with van der Waals surface area (Å²) in [4.78, 5) is 10.6. The molecule has 0 heterocycles. The van der Waals surface area contributed by atoms with E-state index in [4.69, 9.17) is 16.3 Å². The van der Waals surface area contributed by atoms with E-state index in [0.717, 1.165) is 31.0 Å². The van der Waals surface area contributed by atoms with Crippen LogP contribution in [-0.2, 0) is 0 Å². The van der Waals surface area contributed by atoms with E-state index in [1.807, 2.05) is 0 Å². The van der Waals surface area contributed by atoms with Gasteiger partial charge in [-0.15, -0.1) is 0 Å². The van der Waals surface area contributed by atoms with Gasteiger partial charge in [0.25, 0.3) is 0 Å². The van der Waals surface area contributed by atoms with Crippen LogP contribution in [0.2, 0.25) is 5.02 Å². The molecular weight excluding hydrogens is 358 g/mol. The summed E-state index contributed by atoms with van der Waals surface area (Å²) in [6.45, 7) is 4.71. The van der Waals surface area contributed by atoms with Gasteiger partial charge in [-0.2, -0.15) is 0 Å². The average Bonchev–Trinajstić information content (AvgIpc) is 2.45. The third kappa shape index (κ3) is 5.15. The second kappa shape index (κ2) is 8.59. The van der Waals surface area contributed by atoms with Crippen LogP contribution < -0.4 is 4.74 Å². The molecule has 0 unspecified atom stereocenters. The summed E-state index contributed by atoms with van der Waals surface area (Å²) in [5.41, 5.74) is -0.0458. The molecule has 0 aliphatic heterocycles. The highest BCUT2D eigenvalue weighted by Gasteiger charge is 2.29. The average molecular weight is 379 g/mol. The highest BCUT2D eigenvalue weighted by Crippen LogP contribution is 2.36. The Morgan fingerprint density at radius 2 is 1.95 bits per heavy atom. The first-order valence-corrected chi connectivity index (χ1v) is 8.60. The van der Waals surface area contributed by atoms with Crippen LogP contribution in [0.15, 0.2) is 18.2 Å². The number of halogens is 2. The van der Waals surface area contributed by atoms with Gasteiger partial charge >= 0.3 is 5.69 Å². The Kier molecular flexibility index (Phi) is 7.46. The molecule has 0 spiro atoms. The predicted octanol–water partition coefficient (Wildman–Crippen LogP) is 5.61. The number of benzene rings is 1. The molecule has 1 aromatic rings. The first-order valence-electron chi connectivity index (χ1n) is 7.10. The number of nitro benzene ring substituents is 1. The van der Waals surface area contributed by atoms with E-state index >= 15 is 0 Å². The maximum atomic E-state index is 11.1. The zero-order chi connectivity index (χ0) is 15.9. The minimum atomic E-state index is -0.443. The van der Waals surface area contributed by atoms with Gasteiger partial charge in [0, 0.05) is 27.9 Å². The van der Waals surface area contributed by atoms with Gasteiger partial charge in [0.05, 0.1) is 11.5 Å². The van der Waals surface area contributed by atoms with Gasteiger partial charge in [0.2, 0.25) is 0 Å². The predicted molar refractivity (Wildman–Crippen MR) is 89.6 cm³/mol. The largest absolute Gasteiger partial charge is 0.486 e. The lowest BCUT2D eigenvalue weighted by Gasteiger charge is -2.31. The van der Waals surface area contributed by atoms with Crippen LogP contribution in [0.4, 0.5) is 5.69 Å². The van der Waals surface area contributed by atoms with Crippen molar-refractivity contribution in [1.29, 1.82) is 0 Å². The minimum Gasteiger partial charge on any atom is -0.486 e. The molecule has 0 aromatic heterocycles. The van der Waals surface area contributed by atoms with Crippen molar-refractivity contribution in [1.82, 2.24) is 0 Å². The Labute approximate surface area is 139 Å².